The lowest BCUT2D eigenvalue weighted by Crippen LogP contribution is -2.27. The van der Waals surface area contributed by atoms with Gasteiger partial charge in [0.05, 0.1) is 11.8 Å². The predicted octanol–water partition coefficient (Wildman–Crippen LogP) is 0.951. The minimum atomic E-state index is -0.334. The van der Waals surface area contributed by atoms with E-state index < -0.39 is 0 Å². The van der Waals surface area contributed by atoms with Gasteiger partial charge in [0.1, 0.15) is 11.0 Å². The Morgan fingerprint density at radius 3 is 2.72 bits per heavy atom. The Balaban J connectivity index is 3.00. The molecular formula is C10H16ClN5O2. The first-order valence-electron chi connectivity index (χ1n) is 5.25. The average molecular weight is 274 g/mol. The van der Waals surface area contributed by atoms with Crippen LogP contribution < -0.4 is 11.1 Å². The summed E-state index contributed by atoms with van der Waals surface area (Å²) in [5.41, 5.74) is 5.50. The van der Waals surface area contributed by atoms with Crippen LogP contribution in [0, 0.1) is 5.41 Å². The van der Waals surface area contributed by atoms with E-state index in [4.69, 9.17) is 27.6 Å². The summed E-state index contributed by atoms with van der Waals surface area (Å²) in [6.07, 6.45) is 1.12. The quantitative estimate of drug-likeness (QED) is 0.275. The lowest BCUT2D eigenvalue weighted by atomic mass is 9.95. The largest absolute Gasteiger partial charge is 0.411 e. The molecule has 0 aromatic carbocycles. The molecule has 1 aromatic heterocycles. The van der Waals surface area contributed by atoms with Crippen molar-refractivity contribution in [2.45, 2.75) is 13.8 Å². The van der Waals surface area contributed by atoms with Crippen LogP contribution in [0.5, 0.6) is 0 Å². The fourth-order valence-corrected chi connectivity index (χ4v) is 1.37. The number of aliphatic hydroxyl groups excluding tert-OH is 1. The summed E-state index contributed by atoms with van der Waals surface area (Å²) < 4.78 is 0. The molecule has 0 bridgehead atoms. The average Bonchev–Trinajstić information content (AvgIpc) is 2.30. The number of hydrogen-bond donors (Lipinski definition) is 4. The molecule has 0 radical (unpaired) electrons. The van der Waals surface area contributed by atoms with Crippen LogP contribution in [0.4, 0.5) is 11.8 Å². The van der Waals surface area contributed by atoms with Gasteiger partial charge in [0.2, 0.25) is 5.95 Å². The molecule has 18 heavy (non-hydrogen) atoms. The van der Waals surface area contributed by atoms with Crippen molar-refractivity contribution < 1.29 is 10.3 Å². The molecule has 0 saturated carbocycles. The van der Waals surface area contributed by atoms with Gasteiger partial charge in [-0.3, -0.25) is 0 Å². The summed E-state index contributed by atoms with van der Waals surface area (Å²) in [6.45, 7) is 4.22. The van der Waals surface area contributed by atoms with Crippen LogP contribution in [0.3, 0.4) is 0 Å². The van der Waals surface area contributed by atoms with Gasteiger partial charge in [-0.15, -0.1) is 0 Å². The molecule has 0 fully saturated rings. The Hall–Kier alpha value is -1.60. The van der Waals surface area contributed by atoms with E-state index in [0.29, 0.717) is 17.9 Å². The molecule has 0 amide bonds. The first-order chi connectivity index (χ1) is 8.39. The number of nitrogen functional groups attached to an aromatic ring is 1. The van der Waals surface area contributed by atoms with Crippen molar-refractivity contribution in [2.75, 3.05) is 24.2 Å². The second-order valence-corrected chi connectivity index (χ2v) is 4.91. The van der Waals surface area contributed by atoms with Crippen molar-refractivity contribution in [1.29, 1.82) is 0 Å². The van der Waals surface area contributed by atoms with Gasteiger partial charge in [-0.2, -0.15) is 4.98 Å². The summed E-state index contributed by atoms with van der Waals surface area (Å²) in [4.78, 5) is 7.73. The van der Waals surface area contributed by atoms with Crippen molar-refractivity contribution in [3.8, 4) is 0 Å². The van der Waals surface area contributed by atoms with Crippen molar-refractivity contribution in [3.63, 3.8) is 0 Å². The van der Waals surface area contributed by atoms with E-state index in [1.165, 1.54) is 0 Å². The molecule has 1 aromatic rings. The van der Waals surface area contributed by atoms with E-state index in [1.54, 1.807) is 0 Å². The normalized spacial score (nSPS) is 12.0. The third kappa shape index (κ3) is 3.71. The summed E-state index contributed by atoms with van der Waals surface area (Å²) in [5, 5.41) is 23.7. The number of nitrogens with two attached hydrogens (primary N) is 1. The lowest BCUT2D eigenvalue weighted by molar-refractivity contribution is 0.170. The number of oxime groups is 1. The van der Waals surface area contributed by atoms with Gasteiger partial charge in [-0.25, -0.2) is 4.98 Å². The number of nitrogens with zero attached hydrogens (tertiary/aromatic N) is 3. The zero-order valence-corrected chi connectivity index (χ0v) is 10.9. The second kappa shape index (κ2) is 5.83. The number of nitrogens with one attached hydrogen (secondary N) is 1. The Morgan fingerprint density at radius 2 is 2.17 bits per heavy atom. The van der Waals surface area contributed by atoms with Gasteiger partial charge < -0.3 is 21.4 Å². The number of anilines is 2. The van der Waals surface area contributed by atoms with Crippen molar-refractivity contribution in [2.24, 2.45) is 10.6 Å². The van der Waals surface area contributed by atoms with Gasteiger partial charge in [0.25, 0.3) is 0 Å². The van der Waals surface area contributed by atoms with Crippen molar-refractivity contribution in [1.82, 2.24) is 9.97 Å². The summed E-state index contributed by atoms with van der Waals surface area (Å²) in [5.74, 6) is 0.367. The lowest BCUT2D eigenvalue weighted by Gasteiger charge is -2.22. The molecule has 1 heterocycles. The van der Waals surface area contributed by atoms with Crippen molar-refractivity contribution >= 4 is 29.6 Å². The molecular weight excluding hydrogens is 258 g/mol. The van der Waals surface area contributed by atoms with Crippen LogP contribution in [-0.2, 0) is 0 Å². The van der Waals surface area contributed by atoms with Gasteiger partial charge in [-0.05, 0) is 0 Å². The van der Waals surface area contributed by atoms with Gasteiger partial charge in [-0.1, -0.05) is 30.6 Å². The van der Waals surface area contributed by atoms with Gasteiger partial charge in [0.15, 0.2) is 0 Å². The van der Waals surface area contributed by atoms with Crippen molar-refractivity contribution in [3.05, 3.63) is 10.7 Å². The first kappa shape index (κ1) is 14.5. The highest BCUT2D eigenvalue weighted by atomic mass is 35.5. The highest BCUT2D eigenvalue weighted by molar-refractivity contribution is 6.32. The molecule has 0 aliphatic rings. The molecule has 8 heteroatoms. The molecule has 0 unspecified atom stereocenters. The number of halogens is 1. The smallest absolute Gasteiger partial charge is 0.223 e. The number of rotatable bonds is 5. The van der Waals surface area contributed by atoms with Crippen LogP contribution in [0.1, 0.15) is 19.4 Å². The predicted molar refractivity (Wildman–Crippen MR) is 70.2 cm³/mol. The zero-order valence-electron chi connectivity index (χ0n) is 10.2. The fourth-order valence-electron chi connectivity index (χ4n) is 1.14. The number of aliphatic hydroxyl groups is 1. The molecule has 1 rings (SSSR count). The van der Waals surface area contributed by atoms with Crippen LogP contribution in [-0.4, -0.2) is 39.6 Å². The topological polar surface area (TPSA) is 117 Å². The summed E-state index contributed by atoms with van der Waals surface area (Å²) in [6, 6.07) is 0. The van der Waals surface area contributed by atoms with Crippen LogP contribution in [0.25, 0.3) is 0 Å². The first-order valence-corrected chi connectivity index (χ1v) is 5.62. The zero-order chi connectivity index (χ0) is 13.8. The maximum absolute atomic E-state index is 9.16. The van der Waals surface area contributed by atoms with E-state index in [1.807, 2.05) is 13.8 Å². The molecule has 0 atom stereocenters. The summed E-state index contributed by atoms with van der Waals surface area (Å²) >= 11 is 5.87. The van der Waals surface area contributed by atoms with Crippen LogP contribution in [0.2, 0.25) is 5.15 Å². The highest BCUT2D eigenvalue weighted by Gasteiger charge is 2.18. The Morgan fingerprint density at radius 1 is 1.50 bits per heavy atom. The van der Waals surface area contributed by atoms with E-state index in [2.05, 4.69) is 20.4 Å². The van der Waals surface area contributed by atoms with Gasteiger partial charge >= 0.3 is 0 Å². The molecule has 0 spiro atoms. The van der Waals surface area contributed by atoms with Gasteiger partial charge in [0, 0.05) is 18.6 Å². The van der Waals surface area contributed by atoms with E-state index >= 15 is 0 Å². The van der Waals surface area contributed by atoms with Crippen LogP contribution in [0.15, 0.2) is 5.16 Å². The minimum Gasteiger partial charge on any atom is -0.411 e. The minimum absolute atomic E-state index is 0.0116. The Labute approximate surface area is 110 Å². The second-order valence-electron chi connectivity index (χ2n) is 4.56. The molecule has 0 aliphatic carbocycles. The fraction of sp³-hybridized carbons (Fsp3) is 0.500. The number of hydrogen-bond acceptors (Lipinski definition) is 7. The monoisotopic (exact) mass is 273 g/mol. The molecule has 7 nitrogen and oxygen atoms in total. The molecule has 0 aliphatic heterocycles. The molecule has 5 N–H and O–H groups in total. The maximum Gasteiger partial charge on any atom is 0.223 e. The molecule has 0 saturated heterocycles. The maximum atomic E-state index is 9.16. The van der Waals surface area contributed by atoms with E-state index in [0.717, 1.165) is 6.21 Å². The van der Waals surface area contributed by atoms with E-state index in [-0.39, 0.29) is 23.1 Å². The Kier molecular flexibility index (Phi) is 4.69. The summed E-state index contributed by atoms with van der Waals surface area (Å²) in [7, 11) is 0. The molecule has 100 valence electrons. The standard InChI is InChI=1S/C10H16ClN5O2/c1-10(2,5-17)4-13-8-6(3-14-18)7(11)15-9(12)16-8/h3,17-18H,4-5H2,1-2H3,(H3,12,13,15,16). The SMILES string of the molecule is CC(C)(CO)CNc1nc(N)nc(Cl)c1C=NO. The number of aromatic nitrogens is 2. The van der Waals surface area contributed by atoms with Crippen LogP contribution >= 0.6 is 11.6 Å². The van der Waals surface area contributed by atoms with E-state index in [9.17, 15) is 0 Å². The third-order valence-electron chi connectivity index (χ3n) is 2.27. The third-order valence-corrected chi connectivity index (χ3v) is 2.55. The highest BCUT2D eigenvalue weighted by Crippen LogP contribution is 2.22. The Bertz CT molecular complexity index is 450.